The molecule has 0 saturated carbocycles. The van der Waals surface area contributed by atoms with Gasteiger partial charge < -0.3 is 15.0 Å². The average Bonchev–Trinajstić information content (AvgIpc) is 2.80. The lowest BCUT2D eigenvalue weighted by Crippen LogP contribution is -2.46. The van der Waals surface area contributed by atoms with Gasteiger partial charge in [-0.3, -0.25) is 4.72 Å². The Morgan fingerprint density at radius 3 is 2.59 bits per heavy atom. The monoisotopic (exact) mass is 499 g/mol. The Kier molecular flexibility index (Phi) is 8.11. The zero-order valence-electron chi connectivity index (χ0n) is 19.6. The number of benzene rings is 2. The number of ether oxygens (including phenoxy) is 1. The van der Waals surface area contributed by atoms with Gasteiger partial charge in [0.15, 0.2) is 5.11 Å². The van der Waals surface area contributed by atoms with Crippen LogP contribution in [0.1, 0.15) is 37.9 Å². The number of carbonyl (C=O) groups excluding carboxylic acids is 1. The van der Waals surface area contributed by atoms with Crippen molar-refractivity contribution in [1.82, 2.24) is 10.2 Å². The Morgan fingerprint density at radius 2 is 1.91 bits per heavy atom. The number of hydrogen-bond donors (Lipinski definition) is 2. The van der Waals surface area contributed by atoms with Crippen LogP contribution in [0.4, 0.5) is 5.69 Å². The molecule has 0 fully saturated rings. The van der Waals surface area contributed by atoms with Crippen molar-refractivity contribution in [2.75, 3.05) is 18.4 Å². The molecule has 0 amide bonds. The zero-order chi connectivity index (χ0) is 24.9. The molecule has 0 saturated heterocycles. The Hall–Kier alpha value is -3.17. The SMILES string of the molecule is CC1=C(C(=O)OCC(C)C)C(c2cccc(NS(=O)(=O)C=Cc3ccccc3)c2)NC(=S)N1C. The van der Waals surface area contributed by atoms with Gasteiger partial charge in [-0.25, -0.2) is 13.2 Å². The lowest BCUT2D eigenvalue weighted by Gasteiger charge is -2.35. The molecule has 2 aromatic rings. The molecule has 7 nitrogen and oxygen atoms in total. The van der Waals surface area contributed by atoms with E-state index in [1.54, 1.807) is 30.1 Å². The highest BCUT2D eigenvalue weighted by Gasteiger charge is 2.33. The molecule has 0 bridgehead atoms. The number of nitrogens with zero attached hydrogens (tertiary/aromatic N) is 1. The van der Waals surface area contributed by atoms with Crippen molar-refractivity contribution in [3.05, 3.63) is 82.4 Å². The Morgan fingerprint density at radius 1 is 1.21 bits per heavy atom. The van der Waals surface area contributed by atoms with Gasteiger partial charge in [0.25, 0.3) is 10.0 Å². The predicted molar refractivity (Wildman–Crippen MR) is 139 cm³/mol. The van der Waals surface area contributed by atoms with Crippen LogP contribution in [0, 0.1) is 5.92 Å². The third-order valence-corrected chi connectivity index (χ3v) is 6.65. The Bertz CT molecular complexity index is 1220. The second-order valence-electron chi connectivity index (χ2n) is 8.42. The number of thiocarbonyl (C=S) groups is 1. The number of rotatable bonds is 8. The first-order chi connectivity index (χ1) is 16.1. The molecule has 2 aromatic carbocycles. The number of sulfonamides is 1. The molecule has 0 aliphatic carbocycles. The number of anilines is 1. The van der Waals surface area contributed by atoms with Crippen molar-refractivity contribution in [2.24, 2.45) is 5.92 Å². The molecule has 0 spiro atoms. The van der Waals surface area contributed by atoms with Crippen LogP contribution in [0.25, 0.3) is 6.08 Å². The van der Waals surface area contributed by atoms with Crippen LogP contribution in [0.5, 0.6) is 0 Å². The predicted octanol–water partition coefficient (Wildman–Crippen LogP) is 4.43. The number of esters is 1. The third-order valence-electron chi connectivity index (χ3n) is 5.24. The highest BCUT2D eigenvalue weighted by atomic mass is 32.2. The van der Waals surface area contributed by atoms with E-state index >= 15 is 0 Å². The van der Waals surface area contributed by atoms with Crippen molar-refractivity contribution >= 4 is 45.1 Å². The number of hydrogen-bond acceptors (Lipinski definition) is 5. The molecule has 1 atom stereocenters. The maximum absolute atomic E-state index is 13.0. The molecule has 34 heavy (non-hydrogen) atoms. The van der Waals surface area contributed by atoms with E-state index in [0.29, 0.717) is 34.2 Å². The first-order valence-electron chi connectivity index (χ1n) is 10.9. The minimum Gasteiger partial charge on any atom is -0.462 e. The van der Waals surface area contributed by atoms with E-state index in [2.05, 4.69) is 10.0 Å². The van der Waals surface area contributed by atoms with Crippen molar-refractivity contribution in [3.63, 3.8) is 0 Å². The van der Waals surface area contributed by atoms with E-state index in [1.807, 2.05) is 57.2 Å². The van der Waals surface area contributed by atoms with E-state index in [9.17, 15) is 13.2 Å². The van der Waals surface area contributed by atoms with E-state index in [1.165, 1.54) is 6.08 Å². The van der Waals surface area contributed by atoms with Gasteiger partial charge in [-0.15, -0.1) is 0 Å². The molecule has 1 unspecified atom stereocenters. The molecule has 0 aromatic heterocycles. The summed E-state index contributed by atoms with van der Waals surface area (Å²) in [6.07, 6.45) is 1.53. The van der Waals surface area contributed by atoms with Gasteiger partial charge in [0, 0.05) is 18.4 Å². The molecule has 3 rings (SSSR count). The molecule has 180 valence electrons. The molecule has 1 aliphatic heterocycles. The highest BCUT2D eigenvalue weighted by Crippen LogP contribution is 2.32. The molecule has 0 radical (unpaired) electrons. The zero-order valence-corrected chi connectivity index (χ0v) is 21.2. The molecular formula is C25H29N3O4S2. The lowest BCUT2D eigenvalue weighted by atomic mass is 9.95. The summed E-state index contributed by atoms with van der Waals surface area (Å²) in [6.45, 7) is 6.04. The summed E-state index contributed by atoms with van der Waals surface area (Å²) < 4.78 is 33.3. The summed E-state index contributed by atoms with van der Waals surface area (Å²) in [6, 6.07) is 15.5. The fraction of sp³-hybridized carbons (Fsp3) is 0.280. The summed E-state index contributed by atoms with van der Waals surface area (Å²) >= 11 is 5.44. The van der Waals surface area contributed by atoms with Crippen LogP contribution in [0.2, 0.25) is 0 Å². The first-order valence-corrected chi connectivity index (χ1v) is 12.8. The van der Waals surface area contributed by atoms with Crippen molar-refractivity contribution in [2.45, 2.75) is 26.8 Å². The summed E-state index contributed by atoms with van der Waals surface area (Å²) in [4.78, 5) is 14.7. The standard InChI is InChI=1S/C25H29N3O4S2/c1-17(2)16-32-24(29)22-18(3)28(4)25(33)26-23(22)20-11-8-12-21(15-20)27-34(30,31)14-13-19-9-6-5-7-10-19/h5-15,17,23,27H,16H2,1-4H3,(H,26,33). The van der Waals surface area contributed by atoms with E-state index < -0.39 is 22.0 Å². The Labute approximate surface area is 206 Å². The molecule has 1 heterocycles. The lowest BCUT2D eigenvalue weighted by molar-refractivity contribution is -0.140. The van der Waals surface area contributed by atoms with Crippen LogP contribution in [0.3, 0.4) is 0 Å². The minimum atomic E-state index is -3.75. The number of carbonyl (C=O) groups is 1. The number of nitrogens with one attached hydrogen (secondary N) is 2. The first kappa shape index (κ1) is 25.5. The van der Waals surface area contributed by atoms with Crippen molar-refractivity contribution in [1.29, 1.82) is 0 Å². The van der Waals surface area contributed by atoms with Gasteiger partial charge in [0.2, 0.25) is 0 Å². The van der Waals surface area contributed by atoms with Crippen LogP contribution in [-0.4, -0.2) is 38.1 Å². The van der Waals surface area contributed by atoms with Crippen molar-refractivity contribution < 1.29 is 17.9 Å². The smallest absolute Gasteiger partial charge is 0.338 e. The summed E-state index contributed by atoms with van der Waals surface area (Å²) in [5, 5.41) is 4.76. The van der Waals surface area contributed by atoms with E-state index in [-0.39, 0.29) is 5.92 Å². The molecule has 2 N–H and O–H groups in total. The van der Waals surface area contributed by atoms with Crippen LogP contribution >= 0.6 is 12.2 Å². The van der Waals surface area contributed by atoms with Crippen LogP contribution in [0.15, 0.2) is 71.3 Å². The fourth-order valence-electron chi connectivity index (χ4n) is 3.38. The third kappa shape index (κ3) is 6.45. The van der Waals surface area contributed by atoms with Gasteiger partial charge >= 0.3 is 5.97 Å². The Balaban J connectivity index is 1.88. The minimum absolute atomic E-state index is 0.195. The van der Waals surface area contributed by atoms with Crippen LogP contribution in [-0.2, 0) is 19.6 Å². The number of allylic oxidation sites excluding steroid dienone is 1. The largest absolute Gasteiger partial charge is 0.462 e. The quantitative estimate of drug-likeness (QED) is 0.410. The summed E-state index contributed by atoms with van der Waals surface area (Å²) in [7, 11) is -1.97. The van der Waals surface area contributed by atoms with Gasteiger partial charge in [-0.2, -0.15) is 0 Å². The molecule has 9 heteroatoms. The van der Waals surface area contributed by atoms with E-state index in [4.69, 9.17) is 17.0 Å². The normalized spacial score (nSPS) is 16.7. The van der Waals surface area contributed by atoms with Gasteiger partial charge in [-0.1, -0.05) is 56.3 Å². The van der Waals surface area contributed by atoms with Crippen LogP contribution < -0.4 is 10.0 Å². The maximum Gasteiger partial charge on any atom is 0.338 e. The second-order valence-corrected chi connectivity index (χ2v) is 10.4. The highest BCUT2D eigenvalue weighted by molar-refractivity contribution is 7.95. The van der Waals surface area contributed by atoms with Gasteiger partial charge in [-0.05, 0) is 54.4 Å². The summed E-state index contributed by atoms with van der Waals surface area (Å²) in [5.74, 6) is -0.241. The topological polar surface area (TPSA) is 87.7 Å². The maximum atomic E-state index is 13.0. The molecular weight excluding hydrogens is 470 g/mol. The van der Waals surface area contributed by atoms with E-state index in [0.717, 1.165) is 11.0 Å². The fourth-order valence-corrected chi connectivity index (χ4v) is 4.50. The second kappa shape index (κ2) is 10.8. The van der Waals surface area contributed by atoms with Gasteiger partial charge in [0.05, 0.1) is 23.6 Å². The van der Waals surface area contributed by atoms with Gasteiger partial charge in [0.1, 0.15) is 0 Å². The average molecular weight is 500 g/mol. The summed E-state index contributed by atoms with van der Waals surface area (Å²) in [5.41, 5.74) is 2.93. The molecule has 1 aliphatic rings. The van der Waals surface area contributed by atoms with Crippen molar-refractivity contribution in [3.8, 4) is 0 Å².